The van der Waals surface area contributed by atoms with E-state index >= 15 is 0 Å². The van der Waals surface area contributed by atoms with Crippen LogP contribution in [0.4, 0.5) is 10.5 Å². The molecule has 1 aliphatic heterocycles. The number of para-hydroxylation sites is 1. The smallest absolute Gasteiger partial charge is 0.294 e. The molecule has 2 aromatic rings. The number of halogens is 3. The standard InChI is InChI=1S/C18H11BrCl2N2O4S/c19-10-5-9(16(25)12(21)7-10)6-14-17(26)23(18(27)28-14)8-15(24)22-13-4-2-1-3-11(13)20/h1-7,25H,8H2,(H,22,24)/b14-6-. The lowest BCUT2D eigenvalue weighted by atomic mass is 10.2. The summed E-state index contributed by atoms with van der Waals surface area (Å²) in [5.41, 5.74) is 0.649. The van der Waals surface area contributed by atoms with Crippen molar-refractivity contribution in [3.63, 3.8) is 0 Å². The van der Waals surface area contributed by atoms with E-state index in [0.717, 1.165) is 4.90 Å². The molecule has 6 nitrogen and oxygen atoms in total. The average Bonchev–Trinajstić information content (AvgIpc) is 2.88. The molecule has 0 atom stereocenters. The van der Waals surface area contributed by atoms with E-state index in [2.05, 4.69) is 21.2 Å². The first-order chi connectivity index (χ1) is 13.3. The molecular formula is C18H11BrCl2N2O4S. The summed E-state index contributed by atoms with van der Waals surface area (Å²) in [6.45, 7) is -0.460. The highest BCUT2D eigenvalue weighted by Crippen LogP contribution is 2.37. The summed E-state index contributed by atoms with van der Waals surface area (Å²) in [4.78, 5) is 37.8. The summed E-state index contributed by atoms with van der Waals surface area (Å²) in [5.74, 6) is -1.42. The van der Waals surface area contributed by atoms with Gasteiger partial charge in [0, 0.05) is 10.0 Å². The monoisotopic (exact) mass is 500 g/mol. The maximum Gasteiger partial charge on any atom is 0.294 e. The fourth-order valence-corrected chi connectivity index (χ4v) is 4.22. The summed E-state index contributed by atoms with van der Waals surface area (Å²) < 4.78 is 0.597. The summed E-state index contributed by atoms with van der Waals surface area (Å²) in [6.07, 6.45) is 1.35. The molecule has 2 N–H and O–H groups in total. The van der Waals surface area contributed by atoms with Gasteiger partial charge in [0.25, 0.3) is 11.1 Å². The molecular weight excluding hydrogens is 491 g/mol. The molecule has 28 heavy (non-hydrogen) atoms. The van der Waals surface area contributed by atoms with Crippen LogP contribution >= 0.6 is 50.9 Å². The Morgan fingerprint density at radius 2 is 1.93 bits per heavy atom. The first-order valence-corrected chi connectivity index (χ1v) is 10.1. The number of carbonyl (C=O) groups is 3. The Balaban J connectivity index is 1.77. The molecule has 144 valence electrons. The molecule has 1 heterocycles. The van der Waals surface area contributed by atoms with Crippen molar-refractivity contribution in [1.82, 2.24) is 4.90 Å². The highest BCUT2D eigenvalue weighted by Gasteiger charge is 2.36. The van der Waals surface area contributed by atoms with Crippen LogP contribution in [0.3, 0.4) is 0 Å². The minimum atomic E-state index is -0.639. The van der Waals surface area contributed by atoms with Gasteiger partial charge in [-0.3, -0.25) is 19.3 Å². The Morgan fingerprint density at radius 1 is 1.21 bits per heavy atom. The summed E-state index contributed by atoms with van der Waals surface area (Å²) in [7, 11) is 0. The Kier molecular flexibility index (Phi) is 6.34. The van der Waals surface area contributed by atoms with Crippen molar-refractivity contribution in [3.8, 4) is 5.75 Å². The van der Waals surface area contributed by atoms with Crippen molar-refractivity contribution in [2.45, 2.75) is 0 Å². The van der Waals surface area contributed by atoms with E-state index in [1.165, 1.54) is 12.1 Å². The zero-order chi connectivity index (χ0) is 20.4. The van der Waals surface area contributed by atoms with E-state index in [4.69, 9.17) is 23.2 Å². The van der Waals surface area contributed by atoms with Crippen LogP contribution in [-0.4, -0.2) is 33.6 Å². The lowest BCUT2D eigenvalue weighted by molar-refractivity contribution is -0.127. The molecule has 0 saturated carbocycles. The Hall–Kier alpha value is -2.00. The van der Waals surface area contributed by atoms with E-state index in [1.807, 2.05) is 0 Å². The van der Waals surface area contributed by atoms with Gasteiger partial charge in [0.2, 0.25) is 5.91 Å². The van der Waals surface area contributed by atoms with Gasteiger partial charge in [-0.1, -0.05) is 51.3 Å². The van der Waals surface area contributed by atoms with Crippen LogP contribution in [0.5, 0.6) is 5.75 Å². The molecule has 2 aromatic carbocycles. The van der Waals surface area contributed by atoms with Gasteiger partial charge in [0.15, 0.2) is 0 Å². The number of phenolic OH excluding ortho intramolecular Hbond substituents is 1. The zero-order valence-corrected chi connectivity index (χ0v) is 17.8. The number of rotatable bonds is 4. The minimum absolute atomic E-state index is 0.0695. The maximum absolute atomic E-state index is 12.5. The predicted octanol–water partition coefficient (Wildman–Crippen LogP) is 5.14. The lowest BCUT2D eigenvalue weighted by Crippen LogP contribution is -2.36. The number of benzene rings is 2. The summed E-state index contributed by atoms with van der Waals surface area (Å²) in [6, 6.07) is 9.67. The number of imide groups is 1. The number of hydrogen-bond donors (Lipinski definition) is 2. The number of thioether (sulfide) groups is 1. The molecule has 1 aliphatic rings. The van der Waals surface area contributed by atoms with Crippen molar-refractivity contribution in [1.29, 1.82) is 0 Å². The fraction of sp³-hybridized carbons (Fsp3) is 0.0556. The second kappa shape index (κ2) is 8.57. The van der Waals surface area contributed by atoms with Crippen LogP contribution < -0.4 is 5.32 Å². The quantitative estimate of drug-likeness (QED) is 0.566. The summed E-state index contributed by atoms with van der Waals surface area (Å²) >= 11 is 15.8. The molecule has 0 aromatic heterocycles. The van der Waals surface area contributed by atoms with Crippen molar-refractivity contribution in [3.05, 3.63) is 61.4 Å². The minimum Gasteiger partial charge on any atom is -0.506 e. The molecule has 0 aliphatic carbocycles. The Labute approximate surface area is 182 Å². The second-order valence-corrected chi connectivity index (χ2v) is 8.34. The number of hydrogen-bond acceptors (Lipinski definition) is 5. The molecule has 0 bridgehead atoms. The third-order valence-electron chi connectivity index (χ3n) is 3.67. The van der Waals surface area contributed by atoms with Crippen LogP contribution in [0.2, 0.25) is 10.0 Å². The molecule has 10 heteroatoms. The zero-order valence-electron chi connectivity index (χ0n) is 13.9. The predicted molar refractivity (Wildman–Crippen MR) is 114 cm³/mol. The SMILES string of the molecule is O=C(CN1C(=O)S/C(=C\c2cc(Br)cc(Cl)c2O)C1=O)Nc1ccccc1Cl. The van der Waals surface area contributed by atoms with Crippen molar-refractivity contribution < 1.29 is 19.5 Å². The molecule has 0 spiro atoms. The van der Waals surface area contributed by atoms with Crippen molar-refractivity contribution in [2.75, 3.05) is 11.9 Å². The molecule has 3 amide bonds. The van der Waals surface area contributed by atoms with Gasteiger partial charge in [-0.05, 0) is 42.1 Å². The van der Waals surface area contributed by atoms with Crippen LogP contribution in [-0.2, 0) is 9.59 Å². The number of anilines is 1. The number of amides is 3. The van der Waals surface area contributed by atoms with Crippen molar-refractivity contribution in [2.24, 2.45) is 0 Å². The third kappa shape index (κ3) is 4.52. The normalized spacial score (nSPS) is 15.4. The van der Waals surface area contributed by atoms with Crippen molar-refractivity contribution >= 4 is 79.7 Å². The van der Waals surface area contributed by atoms with Gasteiger partial charge in [-0.25, -0.2) is 0 Å². The fourth-order valence-electron chi connectivity index (χ4n) is 2.37. The van der Waals surface area contributed by atoms with Crippen LogP contribution in [0.15, 0.2) is 45.8 Å². The first kappa shape index (κ1) is 20.7. The summed E-state index contributed by atoms with van der Waals surface area (Å²) in [5, 5.41) is 12.4. The number of aromatic hydroxyl groups is 1. The maximum atomic E-state index is 12.5. The molecule has 3 rings (SSSR count). The number of carbonyl (C=O) groups excluding carboxylic acids is 3. The Morgan fingerprint density at radius 3 is 2.64 bits per heavy atom. The Bertz CT molecular complexity index is 1030. The highest BCUT2D eigenvalue weighted by atomic mass is 79.9. The van der Waals surface area contributed by atoms with Gasteiger partial charge in [-0.15, -0.1) is 0 Å². The lowest BCUT2D eigenvalue weighted by Gasteiger charge is -2.13. The first-order valence-electron chi connectivity index (χ1n) is 7.74. The number of nitrogens with zero attached hydrogens (tertiary/aromatic N) is 1. The molecule has 1 saturated heterocycles. The van der Waals surface area contributed by atoms with Gasteiger partial charge < -0.3 is 10.4 Å². The topological polar surface area (TPSA) is 86.7 Å². The highest BCUT2D eigenvalue weighted by molar-refractivity contribution is 9.10. The van der Waals surface area contributed by atoms with Gasteiger partial charge >= 0.3 is 0 Å². The molecule has 1 fully saturated rings. The van der Waals surface area contributed by atoms with E-state index in [9.17, 15) is 19.5 Å². The van der Waals surface area contributed by atoms with Gasteiger partial charge in [-0.2, -0.15) is 0 Å². The number of phenols is 1. The largest absolute Gasteiger partial charge is 0.506 e. The van der Waals surface area contributed by atoms with E-state index in [1.54, 1.807) is 30.3 Å². The molecule has 0 radical (unpaired) electrons. The van der Waals surface area contributed by atoms with Crippen LogP contribution in [0.1, 0.15) is 5.56 Å². The van der Waals surface area contributed by atoms with Gasteiger partial charge in [0.05, 0.1) is 20.6 Å². The van der Waals surface area contributed by atoms with Gasteiger partial charge in [0.1, 0.15) is 12.3 Å². The van der Waals surface area contributed by atoms with E-state index < -0.39 is 23.6 Å². The number of nitrogens with one attached hydrogen (secondary N) is 1. The third-order valence-corrected chi connectivity index (χ3v) is 5.65. The van der Waals surface area contributed by atoms with E-state index in [0.29, 0.717) is 26.9 Å². The van der Waals surface area contributed by atoms with E-state index in [-0.39, 0.29) is 21.2 Å². The molecule has 0 unspecified atom stereocenters. The van der Waals surface area contributed by atoms with Crippen LogP contribution in [0.25, 0.3) is 6.08 Å². The second-order valence-electron chi connectivity index (χ2n) is 5.62. The average molecular weight is 502 g/mol. The van der Waals surface area contributed by atoms with Crippen LogP contribution in [0, 0.1) is 0 Å².